The Labute approximate surface area is 98.8 Å². The van der Waals surface area contributed by atoms with Gasteiger partial charge in [0, 0.05) is 5.92 Å². The van der Waals surface area contributed by atoms with E-state index in [0.29, 0.717) is 18.4 Å². The molecule has 0 heterocycles. The highest BCUT2D eigenvalue weighted by Gasteiger charge is 2.25. The lowest BCUT2D eigenvalue weighted by atomic mass is 9.85. The molecule has 0 saturated heterocycles. The molecule has 1 atom stereocenters. The summed E-state index contributed by atoms with van der Waals surface area (Å²) in [6.07, 6.45) is 5.27. The van der Waals surface area contributed by atoms with Crippen LogP contribution >= 0.6 is 0 Å². The topological polar surface area (TPSA) is 20.2 Å². The molecule has 1 fully saturated rings. The monoisotopic (exact) mass is 218 g/mol. The average molecular weight is 218 g/mol. The van der Waals surface area contributed by atoms with Gasteiger partial charge in [0.15, 0.2) is 0 Å². The van der Waals surface area contributed by atoms with Gasteiger partial charge in [0.05, 0.1) is 6.61 Å². The number of hydrogen-bond donors (Lipinski definition) is 1. The second-order valence-electron chi connectivity index (χ2n) is 4.24. The molecule has 2 rings (SSSR count). The molecular formula is C15H22O. The van der Waals surface area contributed by atoms with Crippen LogP contribution in [-0.2, 0) is 0 Å². The van der Waals surface area contributed by atoms with Gasteiger partial charge in [0.25, 0.3) is 0 Å². The van der Waals surface area contributed by atoms with Crippen LogP contribution < -0.4 is 0 Å². The first-order valence-corrected chi connectivity index (χ1v) is 6.07. The van der Waals surface area contributed by atoms with E-state index in [1.54, 1.807) is 0 Å². The minimum Gasteiger partial charge on any atom is -0.396 e. The SMILES string of the molecule is C=C.OCC(c1ccccc1)C1CCCC1. The number of benzene rings is 1. The van der Waals surface area contributed by atoms with Gasteiger partial charge < -0.3 is 5.11 Å². The van der Waals surface area contributed by atoms with Crippen molar-refractivity contribution in [1.29, 1.82) is 0 Å². The molecule has 88 valence electrons. The molecule has 1 aliphatic rings. The summed E-state index contributed by atoms with van der Waals surface area (Å²) in [7, 11) is 0. The first-order valence-electron chi connectivity index (χ1n) is 6.07. The molecule has 1 saturated carbocycles. The normalized spacial score (nSPS) is 17.6. The van der Waals surface area contributed by atoms with Crippen molar-refractivity contribution in [3.05, 3.63) is 49.1 Å². The maximum atomic E-state index is 9.44. The largest absolute Gasteiger partial charge is 0.396 e. The van der Waals surface area contributed by atoms with Crippen LogP contribution in [0.1, 0.15) is 37.2 Å². The summed E-state index contributed by atoms with van der Waals surface area (Å²) in [4.78, 5) is 0. The zero-order valence-electron chi connectivity index (χ0n) is 9.94. The van der Waals surface area contributed by atoms with Crippen LogP contribution in [0.4, 0.5) is 0 Å². The minimum absolute atomic E-state index is 0.300. The lowest BCUT2D eigenvalue weighted by Crippen LogP contribution is -2.13. The predicted molar refractivity (Wildman–Crippen MR) is 69.5 cm³/mol. The quantitative estimate of drug-likeness (QED) is 0.766. The Hall–Kier alpha value is -1.08. The summed E-state index contributed by atoms with van der Waals surface area (Å²) >= 11 is 0. The van der Waals surface area contributed by atoms with Crippen LogP contribution in [0, 0.1) is 5.92 Å². The molecule has 0 aliphatic heterocycles. The number of hydrogen-bond acceptors (Lipinski definition) is 1. The minimum atomic E-state index is 0.300. The molecular weight excluding hydrogens is 196 g/mol. The summed E-state index contributed by atoms with van der Waals surface area (Å²) in [6.45, 7) is 6.30. The highest BCUT2D eigenvalue weighted by atomic mass is 16.3. The summed E-state index contributed by atoms with van der Waals surface area (Å²) in [5.41, 5.74) is 1.31. The van der Waals surface area contributed by atoms with Crippen molar-refractivity contribution in [3.63, 3.8) is 0 Å². The molecule has 1 aliphatic carbocycles. The Kier molecular flexibility index (Phi) is 5.87. The molecule has 0 radical (unpaired) electrons. The van der Waals surface area contributed by atoms with Crippen molar-refractivity contribution in [1.82, 2.24) is 0 Å². The van der Waals surface area contributed by atoms with E-state index in [2.05, 4.69) is 37.4 Å². The number of aliphatic hydroxyl groups is 1. The maximum Gasteiger partial charge on any atom is 0.0502 e. The molecule has 1 heteroatoms. The van der Waals surface area contributed by atoms with E-state index in [4.69, 9.17) is 0 Å². The highest BCUT2D eigenvalue weighted by molar-refractivity contribution is 5.20. The van der Waals surface area contributed by atoms with Crippen LogP contribution in [0.2, 0.25) is 0 Å². The van der Waals surface area contributed by atoms with Crippen LogP contribution in [0.15, 0.2) is 43.5 Å². The number of aliphatic hydroxyl groups excluding tert-OH is 1. The van der Waals surface area contributed by atoms with E-state index < -0.39 is 0 Å². The third kappa shape index (κ3) is 3.21. The van der Waals surface area contributed by atoms with Crippen molar-refractivity contribution in [2.45, 2.75) is 31.6 Å². The average Bonchev–Trinajstić information content (AvgIpc) is 2.88. The maximum absolute atomic E-state index is 9.44. The first kappa shape index (κ1) is 13.0. The molecule has 1 aromatic carbocycles. The lowest BCUT2D eigenvalue weighted by Gasteiger charge is -2.21. The molecule has 0 bridgehead atoms. The van der Waals surface area contributed by atoms with E-state index in [1.807, 2.05) is 6.07 Å². The smallest absolute Gasteiger partial charge is 0.0502 e. The van der Waals surface area contributed by atoms with Gasteiger partial charge in [-0.25, -0.2) is 0 Å². The molecule has 0 aromatic heterocycles. The third-order valence-electron chi connectivity index (χ3n) is 3.39. The Morgan fingerprint density at radius 1 is 1.12 bits per heavy atom. The van der Waals surface area contributed by atoms with Crippen molar-refractivity contribution >= 4 is 0 Å². The zero-order valence-corrected chi connectivity index (χ0v) is 9.94. The fraction of sp³-hybridized carbons (Fsp3) is 0.467. The van der Waals surface area contributed by atoms with Gasteiger partial charge in [0.1, 0.15) is 0 Å². The molecule has 0 spiro atoms. The van der Waals surface area contributed by atoms with Crippen LogP contribution in [0.3, 0.4) is 0 Å². The molecule has 1 N–H and O–H groups in total. The second-order valence-corrected chi connectivity index (χ2v) is 4.24. The van der Waals surface area contributed by atoms with Gasteiger partial charge in [-0.05, 0) is 24.3 Å². The summed E-state index contributed by atoms with van der Waals surface area (Å²) < 4.78 is 0. The molecule has 1 aromatic rings. The van der Waals surface area contributed by atoms with Crippen molar-refractivity contribution < 1.29 is 5.11 Å². The van der Waals surface area contributed by atoms with Crippen molar-refractivity contribution in [3.8, 4) is 0 Å². The fourth-order valence-corrected chi connectivity index (χ4v) is 2.59. The van der Waals surface area contributed by atoms with Gasteiger partial charge in [-0.15, -0.1) is 13.2 Å². The number of rotatable bonds is 3. The molecule has 1 nitrogen and oxygen atoms in total. The zero-order chi connectivity index (χ0) is 11.8. The summed E-state index contributed by atoms with van der Waals surface area (Å²) in [6, 6.07) is 10.4. The van der Waals surface area contributed by atoms with Gasteiger partial charge in [0.2, 0.25) is 0 Å². The van der Waals surface area contributed by atoms with Gasteiger partial charge in [-0.3, -0.25) is 0 Å². The first-order chi connectivity index (χ1) is 7.92. The molecule has 1 unspecified atom stereocenters. The molecule has 0 amide bonds. The van der Waals surface area contributed by atoms with Crippen molar-refractivity contribution in [2.24, 2.45) is 5.92 Å². The van der Waals surface area contributed by atoms with E-state index >= 15 is 0 Å². The standard InChI is InChI=1S/C13H18O.C2H4/c14-10-13(12-8-4-5-9-12)11-6-2-1-3-7-11;1-2/h1-3,6-7,12-14H,4-5,8-10H2;1-2H2. The Morgan fingerprint density at radius 2 is 1.69 bits per heavy atom. The van der Waals surface area contributed by atoms with Gasteiger partial charge >= 0.3 is 0 Å². The Balaban J connectivity index is 0.000000606. The molecule has 16 heavy (non-hydrogen) atoms. The summed E-state index contributed by atoms with van der Waals surface area (Å²) in [5, 5.41) is 9.44. The summed E-state index contributed by atoms with van der Waals surface area (Å²) in [5.74, 6) is 1.08. The second kappa shape index (κ2) is 7.24. The van der Waals surface area contributed by atoms with E-state index in [-0.39, 0.29) is 0 Å². The van der Waals surface area contributed by atoms with Crippen LogP contribution in [0.5, 0.6) is 0 Å². The highest BCUT2D eigenvalue weighted by Crippen LogP contribution is 2.36. The van der Waals surface area contributed by atoms with Crippen LogP contribution in [0.25, 0.3) is 0 Å². The predicted octanol–water partition coefficient (Wildman–Crippen LogP) is 3.75. The van der Waals surface area contributed by atoms with Crippen LogP contribution in [-0.4, -0.2) is 11.7 Å². The van der Waals surface area contributed by atoms with E-state index in [0.717, 1.165) is 0 Å². The van der Waals surface area contributed by atoms with E-state index in [9.17, 15) is 5.11 Å². The Morgan fingerprint density at radius 3 is 2.19 bits per heavy atom. The Bertz CT molecular complexity index is 275. The van der Waals surface area contributed by atoms with Gasteiger partial charge in [-0.2, -0.15) is 0 Å². The fourth-order valence-electron chi connectivity index (χ4n) is 2.59. The third-order valence-corrected chi connectivity index (χ3v) is 3.39. The lowest BCUT2D eigenvalue weighted by molar-refractivity contribution is 0.226. The van der Waals surface area contributed by atoms with E-state index in [1.165, 1.54) is 31.2 Å². The van der Waals surface area contributed by atoms with Crippen molar-refractivity contribution in [2.75, 3.05) is 6.61 Å². The van der Waals surface area contributed by atoms with Gasteiger partial charge in [-0.1, -0.05) is 43.2 Å².